The molecule has 1 aromatic heterocycles. The molecular formula is C15H24N2O2S3. The quantitative estimate of drug-likeness (QED) is 0.231. The third kappa shape index (κ3) is 8.19. The van der Waals surface area contributed by atoms with Crippen molar-refractivity contribution in [1.82, 2.24) is 10.2 Å². The highest BCUT2D eigenvalue weighted by Gasteiger charge is 2.15. The lowest BCUT2D eigenvalue weighted by atomic mass is 10.2. The van der Waals surface area contributed by atoms with Crippen molar-refractivity contribution in [2.45, 2.75) is 60.7 Å². The monoisotopic (exact) mass is 360 g/mol. The van der Waals surface area contributed by atoms with Crippen molar-refractivity contribution in [2.75, 3.05) is 11.5 Å². The zero-order valence-corrected chi connectivity index (χ0v) is 15.7. The predicted octanol–water partition coefficient (Wildman–Crippen LogP) is 4.81. The average Bonchev–Trinajstić information content (AvgIpc) is 2.98. The maximum atomic E-state index is 11.4. The molecular weight excluding hydrogens is 336 g/mol. The van der Waals surface area contributed by atoms with Crippen molar-refractivity contribution in [2.24, 2.45) is 0 Å². The molecule has 0 spiro atoms. The number of unbranched alkanes of at least 4 members (excludes halogenated alkanes) is 2. The molecule has 0 N–H and O–H groups in total. The van der Waals surface area contributed by atoms with E-state index in [0.29, 0.717) is 5.75 Å². The second kappa shape index (κ2) is 12.0. The van der Waals surface area contributed by atoms with Gasteiger partial charge in [0.15, 0.2) is 8.68 Å². The van der Waals surface area contributed by atoms with Crippen molar-refractivity contribution in [3.05, 3.63) is 12.7 Å². The summed E-state index contributed by atoms with van der Waals surface area (Å²) < 4.78 is 7.34. The van der Waals surface area contributed by atoms with Gasteiger partial charge in [0.25, 0.3) is 0 Å². The molecule has 0 aromatic carbocycles. The number of nitrogens with zero attached hydrogens (tertiary/aromatic N) is 2. The highest BCUT2D eigenvalue weighted by Crippen LogP contribution is 2.30. The number of hydrogen-bond donors (Lipinski definition) is 0. The van der Waals surface area contributed by atoms with Gasteiger partial charge in [-0.05, 0) is 12.8 Å². The summed E-state index contributed by atoms with van der Waals surface area (Å²) in [6, 6.07) is 0. The third-order valence-electron chi connectivity index (χ3n) is 2.83. The van der Waals surface area contributed by atoms with Crippen molar-refractivity contribution < 1.29 is 9.53 Å². The lowest BCUT2D eigenvalue weighted by Gasteiger charge is -2.15. The van der Waals surface area contributed by atoms with Crippen molar-refractivity contribution >= 4 is 40.8 Å². The van der Waals surface area contributed by atoms with Crippen LogP contribution >= 0.6 is 34.9 Å². The minimum absolute atomic E-state index is 0.0875. The Labute approximate surface area is 145 Å². The molecule has 1 heterocycles. The van der Waals surface area contributed by atoms with Crippen LogP contribution < -0.4 is 0 Å². The van der Waals surface area contributed by atoms with Crippen LogP contribution in [0.1, 0.15) is 46.0 Å². The summed E-state index contributed by atoms with van der Waals surface area (Å²) in [5.74, 6) is 1.45. The van der Waals surface area contributed by atoms with Gasteiger partial charge in [0, 0.05) is 17.6 Å². The van der Waals surface area contributed by atoms with Gasteiger partial charge in [-0.1, -0.05) is 74.5 Å². The van der Waals surface area contributed by atoms with E-state index in [1.54, 1.807) is 34.9 Å². The van der Waals surface area contributed by atoms with Gasteiger partial charge in [0.2, 0.25) is 0 Å². The lowest BCUT2D eigenvalue weighted by Crippen LogP contribution is -2.19. The maximum Gasteiger partial charge on any atom is 0.330 e. The first-order chi connectivity index (χ1) is 10.7. The second-order valence-electron chi connectivity index (χ2n) is 4.75. The number of aromatic nitrogens is 2. The van der Waals surface area contributed by atoms with Gasteiger partial charge in [-0.25, -0.2) is 4.79 Å². The van der Waals surface area contributed by atoms with Crippen LogP contribution in [0.5, 0.6) is 0 Å². The molecule has 4 nitrogen and oxygen atoms in total. The smallest absolute Gasteiger partial charge is 0.330 e. The SMILES string of the molecule is C=CC(=O)OC(CCCC)CSc1nnc(SCCCC)s1. The molecule has 0 aliphatic rings. The van der Waals surface area contributed by atoms with Crippen LogP contribution in [0.2, 0.25) is 0 Å². The van der Waals surface area contributed by atoms with E-state index in [1.807, 2.05) is 0 Å². The normalized spacial score (nSPS) is 12.1. The second-order valence-corrected chi connectivity index (χ2v) is 8.34. The molecule has 0 saturated carbocycles. The Hall–Kier alpha value is -0.530. The van der Waals surface area contributed by atoms with Gasteiger partial charge in [0.1, 0.15) is 6.10 Å². The Morgan fingerprint density at radius 3 is 2.59 bits per heavy atom. The number of thioether (sulfide) groups is 2. The van der Waals surface area contributed by atoms with Crippen LogP contribution in [-0.2, 0) is 9.53 Å². The number of rotatable bonds is 12. The molecule has 0 fully saturated rings. The highest BCUT2D eigenvalue weighted by molar-refractivity contribution is 8.03. The molecule has 1 aromatic rings. The molecule has 0 saturated heterocycles. The van der Waals surface area contributed by atoms with E-state index in [4.69, 9.17) is 4.74 Å². The summed E-state index contributed by atoms with van der Waals surface area (Å²) in [6.07, 6.45) is 6.53. The number of esters is 1. The fraction of sp³-hybridized carbons (Fsp3) is 0.667. The van der Waals surface area contributed by atoms with Gasteiger partial charge in [-0.15, -0.1) is 10.2 Å². The summed E-state index contributed by atoms with van der Waals surface area (Å²) in [7, 11) is 0. The lowest BCUT2D eigenvalue weighted by molar-refractivity contribution is -0.142. The summed E-state index contributed by atoms with van der Waals surface area (Å²) >= 11 is 4.99. The van der Waals surface area contributed by atoms with Crippen LogP contribution in [-0.4, -0.2) is 33.8 Å². The van der Waals surface area contributed by atoms with Gasteiger partial charge in [0.05, 0.1) is 0 Å². The number of hydrogen-bond acceptors (Lipinski definition) is 7. The molecule has 1 unspecified atom stereocenters. The van der Waals surface area contributed by atoms with Gasteiger partial charge in [-0.3, -0.25) is 0 Å². The summed E-state index contributed by atoms with van der Waals surface area (Å²) in [5.41, 5.74) is 0. The molecule has 1 rings (SSSR count). The van der Waals surface area contributed by atoms with E-state index in [2.05, 4.69) is 30.6 Å². The van der Waals surface area contributed by atoms with Crippen LogP contribution in [0.3, 0.4) is 0 Å². The van der Waals surface area contributed by atoms with Crippen LogP contribution in [0, 0.1) is 0 Å². The van der Waals surface area contributed by atoms with Gasteiger partial charge < -0.3 is 4.74 Å². The molecule has 7 heteroatoms. The topological polar surface area (TPSA) is 52.1 Å². The first-order valence-electron chi connectivity index (χ1n) is 7.61. The molecule has 0 aliphatic carbocycles. The summed E-state index contributed by atoms with van der Waals surface area (Å²) in [6.45, 7) is 7.76. The average molecular weight is 361 g/mol. The number of carbonyl (C=O) groups excluding carboxylic acids is 1. The van der Waals surface area contributed by atoms with E-state index in [0.717, 1.165) is 33.7 Å². The fourth-order valence-electron chi connectivity index (χ4n) is 1.60. The largest absolute Gasteiger partial charge is 0.458 e. The van der Waals surface area contributed by atoms with Crippen molar-refractivity contribution in [1.29, 1.82) is 0 Å². The van der Waals surface area contributed by atoms with E-state index < -0.39 is 0 Å². The highest BCUT2D eigenvalue weighted by atomic mass is 32.2. The minimum Gasteiger partial charge on any atom is -0.458 e. The van der Waals surface area contributed by atoms with E-state index in [1.165, 1.54) is 18.9 Å². The predicted molar refractivity (Wildman–Crippen MR) is 95.9 cm³/mol. The zero-order valence-electron chi connectivity index (χ0n) is 13.2. The first kappa shape index (κ1) is 19.5. The van der Waals surface area contributed by atoms with Crippen molar-refractivity contribution in [3.63, 3.8) is 0 Å². The van der Waals surface area contributed by atoms with Gasteiger partial charge >= 0.3 is 5.97 Å². The third-order valence-corrected chi connectivity index (χ3v) is 6.24. The molecule has 0 radical (unpaired) electrons. The van der Waals surface area contributed by atoms with Crippen LogP contribution in [0.4, 0.5) is 0 Å². The molecule has 0 bridgehead atoms. The minimum atomic E-state index is -0.352. The molecule has 0 aliphatic heterocycles. The molecule has 22 heavy (non-hydrogen) atoms. The summed E-state index contributed by atoms with van der Waals surface area (Å²) in [4.78, 5) is 11.4. The fourth-order valence-corrected chi connectivity index (χ4v) is 4.84. The Morgan fingerprint density at radius 1 is 1.27 bits per heavy atom. The first-order valence-corrected chi connectivity index (χ1v) is 10.4. The molecule has 124 valence electrons. The van der Waals surface area contributed by atoms with E-state index in [-0.39, 0.29) is 12.1 Å². The van der Waals surface area contributed by atoms with Gasteiger partial charge in [-0.2, -0.15) is 0 Å². The van der Waals surface area contributed by atoms with E-state index >= 15 is 0 Å². The van der Waals surface area contributed by atoms with E-state index in [9.17, 15) is 4.79 Å². The number of carbonyl (C=O) groups is 1. The number of ether oxygens (including phenoxy) is 1. The van der Waals surface area contributed by atoms with Crippen molar-refractivity contribution in [3.8, 4) is 0 Å². The Bertz CT molecular complexity index is 452. The zero-order chi connectivity index (χ0) is 16.2. The maximum absolute atomic E-state index is 11.4. The molecule has 1 atom stereocenters. The van der Waals surface area contributed by atoms with Crippen LogP contribution in [0.15, 0.2) is 21.3 Å². The summed E-state index contributed by atoms with van der Waals surface area (Å²) in [5, 5.41) is 8.39. The standard InChI is InChI=1S/C15H24N2O2S3/c1-4-7-9-12(19-13(18)6-3)11-21-15-17-16-14(22-15)20-10-8-5-2/h6,12H,3-5,7-11H2,1-2H3. The Kier molecular flexibility index (Phi) is 10.6. The van der Waals surface area contributed by atoms with Crippen LogP contribution in [0.25, 0.3) is 0 Å². The molecule has 0 amide bonds. The Morgan fingerprint density at radius 2 is 1.95 bits per heavy atom. The Balaban J connectivity index is 2.42.